The summed E-state index contributed by atoms with van der Waals surface area (Å²) in [7, 11) is 1.13. The largest absolute Gasteiger partial charge is 0.374 e. The molecule has 0 aromatic heterocycles. The minimum atomic E-state index is -0.826. The lowest BCUT2D eigenvalue weighted by molar-refractivity contribution is -0.0324. The van der Waals surface area contributed by atoms with Crippen LogP contribution in [-0.4, -0.2) is 23.3 Å². The number of hydrogen-bond acceptors (Lipinski definition) is 3. The average Bonchev–Trinajstić information content (AvgIpc) is 1.82. The predicted molar refractivity (Wildman–Crippen MR) is 28.0 cm³/mol. The summed E-state index contributed by atoms with van der Waals surface area (Å²) >= 11 is 0. The van der Waals surface area contributed by atoms with E-state index in [2.05, 4.69) is 11.3 Å². The molecule has 2 N–H and O–H groups in total. The molecule has 0 rings (SSSR count). The van der Waals surface area contributed by atoms with Crippen molar-refractivity contribution < 1.29 is 14.8 Å². The zero-order valence-corrected chi connectivity index (χ0v) is 4.79. The van der Waals surface area contributed by atoms with Gasteiger partial charge in [-0.15, -0.1) is 0 Å². The number of nitrogens with zero attached hydrogens (tertiary/aromatic N) is 1. The molecule has 0 atom stereocenters. The number of terminal acetylenes is 1. The van der Waals surface area contributed by atoms with E-state index in [-0.39, 0.29) is 0 Å². The maximum Gasteiger partial charge on any atom is 0.374 e. The summed E-state index contributed by atoms with van der Waals surface area (Å²) < 4.78 is 0. The van der Waals surface area contributed by atoms with E-state index in [1.54, 1.807) is 11.6 Å². The lowest BCUT2D eigenvalue weighted by Gasteiger charge is -2.06. The van der Waals surface area contributed by atoms with Crippen molar-refractivity contribution in [1.29, 1.82) is 0 Å². The summed E-state index contributed by atoms with van der Waals surface area (Å²) in [6, 6.07) is -0.826. The zero-order valence-electron chi connectivity index (χ0n) is 4.79. The highest BCUT2D eigenvalue weighted by molar-refractivity contribution is 5.71. The number of hydrogen-bond donors (Lipinski definition) is 2. The van der Waals surface area contributed by atoms with Gasteiger partial charge in [0.05, 0.1) is 0 Å². The highest BCUT2D eigenvalue weighted by Crippen LogP contribution is 1.73. The van der Waals surface area contributed by atoms with Crippen LogP contribution in [0.1, 0.15) is 0 Å². The normalized spacial score (nSPS) is 7.22. The van der Waals surface area contributed by atoms with E-state index in [0.29, 0.717) is 5.06 Å². The van der Waals surface area contributed by atoms with Gasteiger partial charge in [0.25, 0.3) is 0 Å². The minimum absolute atomic E-state index is 0.303. The number of nitrogens with one attached hydrogen (secondary N) is 1. The summed E-state index contributed by atoms with van der Waals surface area (Å²) in [6.45, 7) is 0. The van der Waals surface area contributed by atoms with Gasteiger partial charge in [0.15, 0.2) is 0 Å². The van der Waals surface area contributed by atoms with Crippen LogP contribution in [0.3, 0.4) is 0 Å². The van der Waals surface area contributed by atoms with Crippen molar-refractivity contribution in [1.82, 2.24) is 10.5 Å². The topological polar surface area (TPSA) is 61.8 Å². The monoisotopic (exact) mass is 130 g/mol. The van der Waals surface area contributed by atoms with Crippen LogP contribution in [0, 0.1) is 12.5 Å². The Labute approximate surface area is 52.1 Å². The zero-order chi connectivity index (χ0) is 7.28. The summed E-state index contributed by atoms with van der Waals surface area (Å²) in [5.41, 5.74) is 1.73. The lowest BCUT2D eigenvalue weighted by atomic mass is 11.0. The second kappa shape index (κ2) is 3.57. The van der Waals surface area contributed by atoms with Crippen molar-refractivity contribution in [3.63, 3.8) is 0 Å². The summed E-state index contributed by atoms with van der Waals surface area (Å²) in [5.74, 6) is 0. The van der Waals surface area contributed by atoms with Crippen molar-refractivity contribution in [3.05, 3.63) is 0 Å². The molecule has 0 radical (unpaired) electrons. The van der Waals surface area contributed by atoms with Gasteiger partial charge in [-0.05, 0) is 0 Å². The third-order valence-electron chi connectivity index (χ3n) is 0.491. The molecular formula is C4H6N2O3. The minimum Gasteiger partial charge on any atom is -0.325 e. The number of urea groups is 1. The molecule has 5 nitrogen and oxygen atoms in total. The summed E-state index contributed by atoms with van der Waals surface area (Å²) in [4.78, 5) is 14.2. The van der Waals surface area contributed by atoms with Crippen LogP contribution in [-0.2, 0) is 4.84 Å². The highest BCUT2D eigenvalue weighted by atomic mass is 16.7. The number of carbonyl (C=O) groups is 1. The van der Waals surface area contributed by atoms with Crippen LogP contribution < -0.4 is 5.48 Å². The summed E-state index contributed by atoms with van der Waals surface area (Å²) in [5, 5.41) is 8.62. The van der Waals surface area contributed by atoms with Crippen LogP contribution >= 0.6 is 0 Å². The fraction of sp³-hybridized carbons (Fsp3) is 0.250. The van der Waals surface area contributed by atoms with Gasteiger partial charge >= 0.3 is 6.03 Å². The van der Waals surface area contributed by atoms with Crippen molar-refractivity contribution >= 4 is 6.03 Å². The fourth-order valence-electron chi connectivity index (χ4n) is 0.139. The first kappa shape index (κ1) is 7.59. The molecular weight excluding hydrogens is 124 g/mol. The van der Waals surface area contributed by atoms with Crippen LogP contribution in [0.5, 0.6) is 0 Å². The molecule has 0 aliphatic heterocycles. The Hall–Kier alpha value is -1.41. The molecule has 0 aliphatic rings. The summed E-state index contributed by atoms with van der Waals surface area (Å²) in [6.07, 6.45) is 6.27. The Morgan fingerprint density at radius 3 is 2.89 bits per heavy atom. The van der Waals surface area contributed by atoms with E-state index < -0.39 is 6.03 Å². The molecule has 0 heterocycles. The van der Waals surface area contributed by atoms with E-state index in [1.165, 1.54) is 0 Å². The van der Waals surface area contributed by atoms with Crippen LogP contribution in [0.2, 0.25) is 0 Å². The second-order valence-corrected chi connectivity index (χ2v) is 1.15. The molecule has 50 valence electrons. The van der Waals surface area contributed by atoms with Crippen LogP contribution in [0.25, 0.3) is 0 Å². The Kier molecular flexibility index (Phi) is 3.01. The second-order valence-electron chi connectivity index (χ2n) is 1.15. The number of rotatable bonds is 1. The van der Waals surface area contributed by atoms with Crippen molar-refractivity contribution in [3.8, 4) is 12.5 Å². The molecule has 0 aromatic carbocycles. The molecule has 0 aromatic rings. The van der Waals surface area contributed by atoms with Gasteiger partial charge in [0.2, 0.25) is 0 Å². The van der Waals surface area contributed by atoms with Gasteiger partial charge in [-0.25, -0.2) is 9.86 Å². The molecule has 0 bridgehead atoms. The van der Waals surface area contributed by atoms with E-state index >= 15 is 0 Å². The Bertz CT molecular complexity index is 137. The highest BCUT2D eigenvalue weighted by Gasteiger charge is 2.01. The first-order chi connectivity index (χ1) is 4.18. The van der Waals surface area contributed by atoms with E-state index in [0.717, 1.165) is 7.05 Å². The van der Waals surface area contributed by atoms with Gasteiger partial charge < -0.3 is 4.84 Å². The number of carbonyl (C=O) groups excluding carboxylic acids is 1. The quantitative estimate of drug-likeness (QED) is 0.287. The SMILES string of the molecule is C#CONC(=O)N(C)O. The van der Waals surface area contributed by atoms with E-state index in [4.69, 9.17) is 5.21 Å². The predicted octanol–water partition coefficient (Wildman–Crippen LogP) is -0.461. The first-order valence-electron chi connectivity index (χ1n) is 2.02. The van der Waals surface area contributed by atoms with Crippen molar-refractivity contribution in [2.75, 3.05) is 7.05 Å². The number of amides is 2. The molecule has 0 saturated heterocycles. The van der Waals surface area contributed by atoms with Gasteiger partial charge in [-0.2, -0.15) is 5.48 Å². The average molecular weight is 130 g/mol. The molecule has 9 heavy (non-hydrogen) atoms. The Morgan fingerprint density at radius 2 is 2.56 bits per heavy atom. The molecule has 5 heteroatoms. The molecule has 0 saturated carbocycles. The molecule has 2 amide bonds. The first-order valence-corrected chi connectivity index (χ1v) is 2.02. The lowest BCUT2D eigenvalue weighted by Crippen LogP contribution is -2.33. The van der Waals surface area contributed by atoms with E-state index in [9.17, 15) is 4.79 Å². The van der Waals surface area contributed by atoms with Gasteiger partial charge in [0.1, 0.15) is 6.11 Å². The fourth-order valence-corrected chi connectivity index (χ4v) is 0.139. The van der Waals surface area contributed by atoms with Gasteiger partial charge in [0, 0.05) is 7.05 Å². The molecule has 0 spiro atoms. The number of hydroxylamine groups is 3. The van der Waals surface area contributed by atoms with Gasteiger partial charge in [-0.1, -0.05) is 6.42 Å². The standard InChI is InChI=1S/C4H6N2O3/c1-3-9-5-4(7)6(2)8/h1,8H,2H3,(H,5,7). The van der Waals surface area contributed by atoms with Crippen molar-refractivity contribution in [2.45, 2.75) is 0 Å². The maximum atomic E-state index is 10.2. The van der Waals surface area contributed by atoms with Crippen LogP contribution in [0.15, 0.2) is 0 Å². The van der Waals surface area contributed by atoms with E-state index in [1.807, 2.05) is 0 Å². The third-order valence-corrected chi connectivity index (χ3v) is 0.491. The molecule has 0 aliphatic carbocycles. The Morgan fingerprint density at radius 1 is 2.00 bits per heavy atom. The molecule has 0 unspecified atom stereocenters. The maximum absolute atomic E-state index is 10.2. The third kappa shape index (κ3) is 3.20. The molecule has 0 fully saturated rings. The van der Waals surface area contributed by atoms with Crippen LogP contribution in [0.4, 0.5) is 4.79 Å². The van der Waals surface area contributed by atoms with Crippen molar-refractivity contribution in [2.24, 2.45) is 0 Å². The van der Waals surface area contributed by atoms with Gasteiger partial charge in [-0.3, -0.25) is 5.21 Å². The Balaban J connectivity index is 3.42. The smallest absolute Gasteiger partial charge is 0.325 e.